The summed E-state index contributed by atoms with van der Waals surface area (Å²) in [4.78, 5) is 15.8. The van der Waals surface area contributed by atoms with Crippen molar-refractivity contribution >= 4 is 15.7 Å². The number of amides is 1. The van der Waals surface area contributed by atoms with E-state index in [2.05, 4.69) is 15.0 Å². The summed E-state index contributed by atoms with van der Waals surface area (Å²) in [5.41, 5.74) is 0.516. The molecule has 0 unspecified atom stereocenters. The average molecular weight is 388 g/mol. The number of benzene rings is 1. The standard InChI is InChI=1S/C16H15F3N2O4S/c1-26(23,24)13-5-3-2-4-11(13)8-21-15(22)12-6-7-14(20-9-12)25-10-16(17,18)19/h2-7,9H,8,10H2,1H3,(H,21,22). The maximum Gasteiger partial charge on any atom is 0.422 e. The van der Waals surface area contributed by atoms with Crippen LogP contribution in [0.1, 0.15) is 15.9 Å². The quantitative estimate of drug-likeness (QED) is 0.821. The van der Waals surface area contributed by atoms with E-state index >= 15 is 0 Å². The van der Waals surface area contributed by atoms with E-state index in [4.69, 9.17) is 0 Å². The fourth-order valence-corrected chi connectivity index (χ4v) is 2.99. The maximum atomic E-state index is 12.1. The van der Waals surface area contributed by atoms with Crippen LogP contribution in [0.25, 0.3) is 0 Å². The minimum atomic E-state index is -4.48. The molecule has 1 aromatic carbocycles. The third-order valence-electron chi connectivity index (χ3n) is 3.19. The van der Waals surface area contributed by atoms with Gasteiger partial charge in [0.2, 0.25) is 5.88 Å². The van der Waals surface area contributed by atoms with E-state index in [0.29, 0.717) is 5.56 Å². The number of nitrogens with one attached hydrogen (secondary N) is 1. The highest BCUT2D eigenvalue weighted by Gasteiger charge is 2.28. The molecule has 10 heteroatoms. The van der Waals surface area contributed by atoms with Gasteiger partial charge in [0.1, 0.15) is 0 Å². The summed E-state index contributed by atoms with van der Waals surface area (Å²) in [6.07, 6.45) is -2.34. The van der Waals surface area contributed by atoms with Crippen LogP contribution < -0.4 is 10.1 Å². The summed E-state index contributed by atoms with van der Waals surface area (Å²) >= 11 is 0. The highest BCUT2D eigenvalue weighted by molar-refractivity contribution is 7.90. The lowest BCUT2D eigenvalue weighted by Crippen LogP contribution is -2.24. The van der Waals surface area contributed by atoms with Gasteiger partial charge >= 0.3 is 6.18 Å². The van der Waals surface area contributed by atoms with Crippen molar-refractivity contribution in [3.05, 3.63) is 53.7 Å². The van der Waals surface area contributed by atoms with Crippen molar-refractivity contribution in [1.82, 2.24) is 10.3 Å². The number of pyridine rings is 1. The van der Waals surface area contributed by atoms with Gasteiger partial charge in [0, 0.05) is 25.1 Å². The first kappa shape index (κ1) is 19.7. The van der Waals surface area contributed by atoms with Gasteiger partial charge in [-0.2, -0.15) is 13.2 Å². The summed E-state index contributed by atoms with van der Waals surface area (Å²) in [6, 6.07) is 8.63. The van der Waals surface area contributed by atoms with E-state index in [-0.39, 0.29) is 22.9 Å². The molecule has 0 spiro atoms. The van der Waals surface area contributed by atoms with Crippen molar-refractivity contribution in [2.45, 2.75) is 17.6 Å². The molecule has 2 rings (SSSR count). The molecular weight excluding hydrogens is 373 g/mol. The van der Waals surface area contributed by atoms with Crippen molar-refractivity contribution < 1.29 is 31.1 Å². The Morgan fingerprint density at radius 2 is 1.88 bits per heavy atom. The van der Waals surface area contributed by atoms with Crippen LogP contribution in [-0.2, 0) is 16.4 Å². The van der Waals surface area contributed by atoms with Crippen molar-refractivity contribution in [3.63, 3.8) is 0 Å². The van der Waals surface area contributed by atoms with Gasteiger partial charge in [-0.1, -0.05) is 18.2 Å². The first-order valence-electron chi connectivity index (χ1n) is 7.28. The summed E-state index contributed by atoms with van der Waals surface area (Å²) in [5.74, 6) is -0.815. The van der Waals surface area contributed by atoms with E-state index in [0.717, 1.165) is 18.5 Å². The molecule has 1 N–H and O–H groups in total. The Hall–Kier alpha value is -2.62. The first-order chi connectivity index (χ1) is 12.1. The second-order valence-electron chi connectivity index (χ2n) is 5.35. The molecule has 1 amide bonds. The highest BCUT2D eigenvalue weighted by atomic mass is 32.2. The van der Waals surface area contributed by atoms with Crippen LogP contribution in [0.2, 0.25) is 0 Å². The molecule has 0 saturated heterocycles. The average Bonchev–Trinajstić information content (AvgIpc) is 2.57. The molecule has 0 fully saturated rings. The van der Waals surface area contributed by atoms with Crippen LogP contribution in [0, 0.1) is 0 Å². The molecule has 0 saturated carbocycles. The van der Waals surface area contributed by atoms with Gasteiger partial charge in [0.25, 0.3) is 5.91 Å². The summed E-state index contributed by atoms with van der Waals surface area (Å²) < 4.78 is 64.1. The number of hydrogen-bond donors (Lipinski definition) is 1. The summed E-state index contributed by atoms with van der Waals surface area (Å²) in [6.45, 7) is -1.51. The Morgan fingerprint density at radius 3 is 2.46 bits per heavy atom. The maximum absolute atomic E-state index is 12.1. The van der Waals surface area contributed by atoms with Crippen LogP contribution in [0.3, 0.4) is 0 Å². The zero-order chi connectivity index (χ0) is 19.4. The van der Waals surface area contributed by atoms with Crippen LogP contribution in [0.4, 0.5) is 13.2 Å². The zero-order valence-corrected chi connectivity index (χ0v) is 14.4. The van der Waals surface area contributed by atoms with E-state index < -0.39 is 28.5 Å². The van der Waals surface area contributed by atoms with Crippen molar-refractivity contribution in [2.75, 3.05) is 12.9 Å². The van der Waals surface area contributed by atoms with E-state index in [1.165, 1.54) is 12.1 Å². The second-order valence-corrected chi connectivity index (χ2v) is 7.34. The first-order valence-corrected chi connectivity index (χ1v) is 9.17. The third-order valence-corrected chi connectivity index (χ3v) is 4.39. The molecule has 140 valence electrons. The molecule has 1 heterocycles. The summed E-state index contributed by atoms with van der Waals surface area (Å²) in [5, 5.41) is 2.54. The minimum absolute atomic E-state index is 0.0333. The Labute approximate surface area is 147 Å². The number of nitrogens with zero attached hydrogens (tertiary/aromatic N) is 1. The van der Waals surface area contributed by atoms with Gasteiger partial charge in [-0.3, -0.25) is 4.79 Å². The Balaban J connectivity index is 2.01. The number of aromatic nitrogens is 1. The van der Waals surface area contributed by atoms with Gasteiger partial charge < -0.3 is 10.1 Å². The zero-order valence-electron chi connectivity index (χ0n) is 13.6. The number of alkyl halides is 3. The van der Waals surface area contributed by atoms with Crippen molar-refractivity contribution in [2.24, 2.45) is 0 Å². The number of carbonyl (C=O) groups excluding carboxylic acids is 1. The lowest BCUT2D eigenvalue weighted by molar-refractivity contribution is -0.154. The predicted octanol–water partition coefficient (Wildman–Crippen LogP) is 2.36. The number of halogens is 3. The number of sulfone groups is 1. The molecule has 0 atom stereocenters. The molecular formula is C16H15F3N2O4S. The molecule has 0 aliphatic carbocycles. The fraction of sp³-hybridized carbons (Fsp3) is 0.250. The predicted molar refractivity (Wildman–Crippen MR) is 86.5 cm³/mol. The van der Waals surface area contributed by atoms with Gasteiger partial charge in [0.05, 0.1) is 10.5 Å². The third kappa shape index (κ3) is 5.73. The van der Waals surface area contributed by atoms with E-state index in [1.807, 2.05) is 0 Å². The van der Waals surface area contributed by atoms with Crippen molar-refractivity contribution in [1.29, 1.82) is 0 Å². The van der Waals surface area contributed by atoms with Gasteiger partial charge in [-0.05, 0) is 17.7 Å². The van der Waals surface area contributed by atoms with Gasteiger partial charge in [-0.25, -0.2) is 13.4 Å². The smallest absolute Gasteiger partial charge is 0.422 e. The SMILES string of the molecule is CS(=O)(=O)c1ccccc1CNC(=O)c1ccc(OCC(F)(F)F)nc1. The highest BCUT2D eigenvalue weighted by Crippen LogP contribution is 2.17. The van der Waals surface area contributed by atoms with Gasteiger partial charge in [-0.15, -0.1) is 0 Å². The number of rotatable bonds is 6. The van der Waals surface area contributed by atoms with Crippen LogP contribution in [0.5, 0.6) is 5.88 Å². The molecule has 0 aliphatic heterocycles. The number of hydrogen-bond acceptors (Lipinski definition) is 5. The van der Waals surface area contributed by atoms with Crippen molar-refractivity contribution in [3.8, 4) is 5.88 Å². The Bertz CT molecular complexity index is 881. The fourth-order valence-electron chi connectivity index (χ4n) is 2.04. The van der Waals surface area contributed by atoms with Gasteiger partial charge in [0.15, 0.2) is 16.4 Å². The van der Waals surface area contributed by atoms with Crippen LogP contribution in [0.15, 0.2) is 47.5 Å². The largest absolute Gasteiger partial charge is 0.468 e. The molecule has 26 heavy (non-hydrogen) atoms. The topological polar surface area (TPSA) is 85.4 Å². The van der Waals surface area contributed by atoms with E-state index in [9.17, 15) is 26.4 Å². The van der Waals surface area contributed by atoms with Crippen LogP contribution in [-0.4, -0.2) is 38.3 Å². The number of ether oxygens (including phenoxy) is 1. The molecule has 6 nitrogen and oxygen atoms in total. The normalized spacial score (nSPS) is 11.8. The lowest BCUT2D eigenvalue weighted by atomic mass is 10.2. The lowest BCUT2D eigenvalue weighted by Gasteiger charge is -2.10. The molecule has 0 radical (unpaired) electrons. The van der Waals surface area contributed by atoms with Crippen LogP contribution >= 0.6 is 0 Å². The molecule has 0 bridgehead atoms. The second kappa shape index (κ2) is 7.73. The van der Waals surface area contributed by atoms with E-state index in [1.54, 1.807) is 18.2 Å². The summed E-state index contributed by atoms with van der Waals surface area (Å²) in [7, 11) is -3.44. The number of carbonyl (C=O) groups is 1. The molecule has 2 aromatic rings. The molecule has 1 aromatic heterocycles. The minimum Gasteiger partial charge on any atom is -0.468 e. The molecule has 0 aliphatic rings. The Morgan fingerprint density at radius 1 is 1.19 bits per heavy atom. The monoisotopic (exact) mass is 388 g/mol. The Kier molecular flexibility index (Phi) is 5.86.